The zero-order chi connectivity index (χ0) is 15.7. The van der Waals surface area contributed by atoms with E-state index in [0.29, 0.717) is 18.9 Å². The molecule has 0 fully saturated rings. The Morgan fingerprint density at radius 1 is 1.43 bits per heavy atom. The molecule has 0 saturated heterocycles. The van der Waals surface area contributed by atoms with Crippen LogP contribution in [0.2, 0.25) is 0 Å². The Morgan fingerprint density at radius 2 is 2.19 bits per heavy atom. The zero-order valence-corrected chi connectivity index (χ0v) is 13.6. The quantitative estimate of drug-likeness (QED) is 0.735. The lowest BCUT2D eigenvalue weighted by molar-refractivity contribution is -0.116. The first-order valence-electron chi connectivity index (χ1n) is 7.82. The Balaban J connectivity index is 2.27. The molecule has 0 radical (unpaired) electrons. The molecule has 0 spiro atoms. The fourth-order valence-corrected chi connectivity index (χ4v) is 2.26. The van der Waals surface area contributed by atoms with Gasteiger partial charge in [0.15, 0.2) is 0 Å². The van der Waals surface area contributed by atoms with E-state index in [4.69, 9.17) is 5.73 Å². The van der Waals surface area contributed by atoms with E-state index in [1.165, 1.54) is 6.42 Å². The van der Waals surface area contributed by atoms with E-state index in [-0.39, 0.29) is 5.91 Å². The Labute approximate surface area is 128 Å². The first-order valence-corrected chi connectivity index (χ1v) is 7.82. The summed E-state index contributed by atoms with van der Waals surface area (Å²) in [5.41, 5.74) is 7.45. The molecule has 1 aromatic carbocycles. The summed E-state index contributed by atoms with van der Waals surface area (Å²) in [6, 6.07) is 7.69. The van der Waals surface area contributed by atoms with Crippen molar-refractivity contribution in [3.05, 3.63) is 29.8 Å². The van der Waals surface area contributed by atoms with E-state index in [1.807, 2.05) is 24.3 Å². The predicted octanol–water partition coefficient (Wildman–Crippen LogP) is 2.84. The molecule has 0 saturated carbocycles. The maximum absolute atomic E-state index is 11.9. The molecule has 1 aromatic rings. The SMILES string of the molecule is CCC(C)CN(C)CCCC(=O)Nc1cccc(CN)c1. The molecule has 0 heterocycles. The molecule has 4 nitrogen and oxygen atoms in total. The van der Waals surface area contributed by atoms with Gasteiger partial charge in [0.1, 0.15) is 0 Å². The zero-order valence-electron chi connectivity index (χ0n) is 13.6. The highest BCUT2D eigenvalue weighted by Gasteiger charge is 2.06. The smallest absolute Gasteiger partial charge is 0.224 e. The average Bonchev–Trinajstić information content (AvgIpc) is 2.47. The summed E-state index contributed by atoms with van der Waals surface area (Å²) in [6.07, 6.45) is 2.63. The van der Waals surface area contributed by atoms with Gasteiger partial charge in [-0.25, -0.2) is 0 Å². The van der Waals surface area contributed by atoms with Gasteiger partial charge >= 0.3 is 0 Å². The van der Waals surface area contributed by atoms with Gasteiger partial charge < -0.3 is 16.0 Å². The number of rotatable bonds is 9. The topological polar surface area (TPSA) is 58.4 Å². The molecule has 0 aromatic heterocycles. The molecule has 1 rings (SSSR count). The molecule has 4 heteroatoms. The van der Waals surface area contributed by atoms with Gasteiger partial charge in [0.05, 0.1) is 0 Å². The first kappa shape index (κ1) is 17.7. The van der Waals surface area contributed by atoms with E-state index in [2.05, 4.69) is 31.1 Å². The highest BCUT2D eigenvalue weighted by molar-refractivity contribution is 5.90. The van der Waals surface area contributed by atoms with Gasteiger partial charge in [0.25, 0.3) is 0 Å². The molecule has 1 amide bonds. The first-order chi connectivity index (χ1) is 10.0. The van der Waals surface area contributed by atoms with Crippen LogP contribution >= 0.6 is 0 Å². The van der Waals surface area contributed by atoms with Crippen molar-refractivity contribution < 1.29 is 4.79 Å². The molecule has 3 N–H and O–H groups in total. The second-order valence-electron chi connectivity index (χ2n) is 5.83. The normalized spacial score (nSPS) is 12.4. The fraction of sp³-hybridized carbons (Fsp3) is 0.588. The Bertz CT molecular complexity index is 434. The van der Waals surface area contributed by atoms with E-state index in [9.17, 15) is 4.79 Å². The summed E-state index contributed by atoms with van der Waals surface area (Å²) in [6.45, 7) is 7.01. The van der Waals surface area contributed by atoms with E-state index >= 15 is 0 Å². The monoisotopic (exact) mass is 291 g/mol. The van der Waals surface area contributed by atoms with Crippen molar-refractivity contribution in [1.82, 2.24) is 4.90 Å². The molecule has 1 unspecified atom stereocenters. The van der Waals surface area contributed by atoms with Crippen molar-refractivity contribution in [3.8, 4) is 0 Å². The van der Waals surface area contributed by atoms with Crippen LogP contribution in [0.4, 0.5) is 5.69 Å². The molecule has 0 bridgehead atoms. The number of anilines is 1. The highest BCUT2D eigenvalue weighted by atomic mass is 16.1. The highest BCUT2D eigenvalue weighted by Crippen LogP contribution is 2.11. The van der Waals surface area contributed by atoms with Crippen LogP contribution < -0.4 is 11.1 Å². The minimum absolute atomic E-state index is 0.0705. The number of carbonyl (C=O) groups excluding carboxylic acids is 1. The van der Waals surface area contributed by atoms with Crippen molar-refractivity contribution in [3.63, 3.8) is 0 Å². The van der Waals surface area contributed by atoms with Crippen molar-refractivity contribution >= 4 is 11.6 Å². The summed E-state index contributed by atoms with van der Waals surface area (Å²) >= 11 is 0. The fourth-order valence-electron chi connectivity index (χ4n) is 2.26. The van der Waals surface area contributed by atoms with Gasteiger partial charge in [-0.15, -0.1) is 0 Å². The van der Waals surface area contributed by atoms with Crippen LogP contribution in [0.1, 0.15) is 38.7 Å². The summed E-state index contributed by atoms with van der Waals surface area (Å²) in [5.74, 6) is 0.781. The number of benzene rings is 1. The van der Waals surface area contributed by atoms with E-state index in [0.717, 1.165) is 30.8 Å². The lowest BCUT2D eigenvalue weighted by Gasteiger charge is -2.20. The number of nitrogens with one attached hydrogen (secondary N) is 1. The van der Waals surface area contributed by atoms with Crippen molar-refractivity contribution in [2.75, 3.05) is 25.5 Å². The summed E-state index contributed by atoms with van der Waals surface area (Å²) in [4.78, 5) is 14.2. The van der Waals surface area contributed by atoms with Crippen LogP contribution in [0.25, 0.3) is 0 Å². The Morgan fingerprint density at radius 3 is 2.86 bits per heavy atom. The molecule has 21 heavy (non-hydrogen) atoms. The lowest BCUT2D eigenvalue weighted by Crippen LogP contribution is -2.26. The molecule has 0 aliphatic rings. The molecule has 0 aliphatic heterocycles. The van der Waals surface area contributed by atoms with Crippen LogP contribution in [0, 0.1) is 5.92 Å². The third-order valence-electron chi connectivity index (χ3n) is 3.71. The molecule has 118 valence electrons. The second kappa shape index (κ2) is 9.53. The Kier molecular flexibility index (Phi) is 8.01. The summed E-state index contributed by atoms with van der Waals surface area (Å²) < 4.78 is 0. The third-order valence-corrected chi connectivity index (χ3v) is 3.71. The second-order valence-corrected chi connectivity index (χ2v) is 5.83. The van der Waals surface area contributed by atoms with Crippen molar-refractivity contribution in [1.29, 1.82) is 0 Å². The number of hydrogen-bond acceptors (Lipinski definition) is 3. The van der Waals surface area contributed by atoms with Gasteiger partial charge in [-0.3, -0.25) is 4.79 Å². The number of hydrogen-bond donors (Lipinski definition) is 2. The van der Waals surface area contributed by atoms with Gasteiger partial charge in [-0.05, 0) is 43.6 Å². The maximum atomic E-state index is 11.9. The predicted molar refractivity (Wildman–Crippen MR) is 89.1 cm³/mol. The lowest BCUT2D eigenvalue weighted by atomic mass is 10.1. The van der Waals surface area contributed by atoms with Gasteiger partial charge in [0.2, 0.25) is 5.91 Å². The molecule has 0 aliphatic carbocycles. The maximum Gasteiger partial charge on any atom is 0.224 e. The van der Waals surface area contributed by atoms with Crippen LogP contribution in [-0.4, -0.2) is 30.9 Å². The number of nitrogens with zero attached hydrogens (tertiary/aromatic N) is 1. The van der Waals surface area contributed by atoms with Crippen LogP contribution in [0.5, 0.6) is 0 Å². The minimum Gasteiger partial charge on any atom is -0.326 e. The van der Waals surface area contributed by atoms with Crippen molar-refractivity contribution in [2.45, 2.75) is 39.7 Å². The van der Waals surface area contributed by atoms with Crippen LogP contribution in [0.15, 0.2) is 24.3 Å². The summed E-state index contributed by atoms with van der Waals surface area (Å²) in [7, 11) is 2.12. The van der Waals surface area contributed by atoms with E-state index in [1.54, 1.807) is 0 Å². The largest absolute Gasteiger partial charge is 0.326 e. The molecular weight excluding hydrogens is 262 g/mol. The van der Waals surface area contributed by atoms with Crippen LogP contribution in [-0.2, 0) is 11.3 Å². The standard InChI is InChI=1S/C17H29N3O/c1-4-14(2)13-20(3)10-6-9-17(21)19-16-8-5-7-15(11-16)12-18/h5,7-8,11,14H,4,6,9-10,12-13,18H2,1-3H3,(H,19,21). The minimum atomic E-state index is 0.0705. The van der Waals surface area contributed by atoms with Gasteiger partial charge in [-0.1, -0.05) is 32.4 Å². The number of amides is 1. The van der Waals surface area contributed by atoms with Gasteiger partial charge in [-0.2, -0.15) is 0 Å². The average molecular weight is 291 g/mol. The van der Waals surface area contributed by atoms with Crippen LogP contribution in [0.3, 0.4) is 0 Å². The number of nitrogens with two attached hydrogens (primary N) is 1. The molecule has 1 atom stereocenters. The summed E-state index contributed by atoms with van der Waals surface area (Å²) in [5, 5.41) is 2.93. The van der Waals surface area contributed by atoms with E-state index < -0.39 is 0 Å². The van der Waals surface area contributed by atoms with Crippen molar-refractivity contribution in [2.24, 2.45) is 11.7 Å². The third kappa shape index (κ3) is 7.25. The number of carbonyl (C=O) groups is 1. The Hall–Kier alpha value is -1.39. The molecular formula is C17H29N3O. The van der Waals surface area contributed by atoms with Gasteiger partial charge in [0, 0.05) is 25.2 Å².